The summed E-state index contributed by atoms with van der Waals surface area (Å²) in [5, 5.41) is 3.00. The van der Waals surface area contributed by atoms with Crippen molar-refractivity contribution in [3.8, 4) is 5.75 Å². The number of fused-ring (bicyclic) bond motifs is 1. The van der Waals surface area contributed by atoms with Crippen LogP contribution in [0.25, 0.3) is 0 Å². The van der Waals surface area contributed by atoms with Gasteiger partial charge >= 0.3 is 0 Å². The van der Waals surface area contributed by atoms with E-state index in [2.05, 4.69) is 5.32 Å². The summed E-state index contributed by atoms with van der Waals surface area (Å²) in [5.41, 5.74) is 3.19. The third-order valence-electron chi connectivity index (χ3n) is 5.37. The molecule has 31 heavy (non-hydrogen) atoms. The number of ether oxygens (including phenoxy) is 1. The fourth-order valence-electron chi connectivity index (χ4n) is 3.75. The maximum absolute atomic E-state index is 13.9. The van der Waals surface area contributed by atoms with Crippen LogP contribution < -0.4 is 15.0 Å². The summed E-state index contributed by atoms with van der Waals surface area (Å²) in [6.07, 6.45) is 0.717. The zero-order valence-corrected chi connectivity index (χ0v) is 17.2. The van der Waals surface area contributed by atoms with Gasteiger partial charge in [0.05, 0.1) is 6.04 Å². The van der Waals surface area contributed by atoms with Gasteiger partial charge in [-0.1, -0.05) is 42.5 Å². The van der Waals surface area contributed by atoms with Gasteiger partial charge in [0.25, 0.3) is 5.91 Å². The van der Waals surface area contributed by atoms with Crippen molar-refractivity contribution < 1.29 is 18.7 Å². The van der Waals surface area contributed by atoms with Crippen molar-refractivity contribution in [1.82, 2.24) is 5.32 Å². The van der Waals surface area contributed by atoms with Crippen molar-refractivity contribution in [2.75, 3.05) is 18.1 Å². The highest BCUT2D eigenvalue weighted by Gasteiger charge is 2.24. The first-order valence-electron chi connectivity index (χ1n) is 10.2. The number of nitrogens with one attached hydrogen (secondary N) is 1. The molecular formula is C25H23FN2O3. The fourth-order valence-corrected chi connectivity index (χ4v) is 3.75. The van der Waals surface area contributed by atoms with E-state index < -0.39 is 11.9 Å². The van der Waals surface area contributed by atoms with E-state index in [1.165, 1.54) is 13.0 Å². The standard InChI is InChI=1S/C25H23FN2O3/c1-17(29)28-14-13-19-15-20(11-12-23(19)28)25(30)27-22(18-7-3-2-4-8-18)16-31-24-10-6-5-9-21(24)26/h2-12,15,22H,13-14,16H2,1H3,(H,27,30)/t22-/m0/s1. The first-order chi connectivity index (χ1) is 15.0. The van der Waals surface area contributed by atoms with Gasteiger partial charge in [-0.05, 0) is 47.9 Å². The number of carbonyl (C=O) groups excluding carboxylic acids is 2. The third kappa shape index (κ3) is 4.58. The minimum absolute atomic E-state index is 0.00890. The van der Waals surface area contributed by atoms with Gasteiger partial charge in [-0.15, -0.1) is 0 Å². The van der Waals surface area contributed by atoms with Gasteiger partial charge in [0, 0.05) is 24.7 Å². The van der Waals surface area contributed by atoms with Crippen LogP contribution in [0.5, 0.6) is 5.75 Å². The fraction of sp³-hybridized carbons (Fsp3) is 0.200. The Labute approximate surface area is 180 Å². The average molecular weight is 418 g/mol. The van der Waals surface area contributed by atoms with Crippen LogP contribution in [0.1, 0.15) is 34.5 Å². The number of anilines is 1. The van der Waals surface area contributed by atoms with Crippen molar-refractivity contribution in [3.05, 3.63) is 95.3 Å². The topological polar surface area (TPSA) is 58.6 Å². The SMILES string of the molecule is CC(=O)N1CCc2cc(C(=O)N[C@@H](COc3ccccc3F)c3ccccc3)ccc21. The molecule has 6 heteroatoms. The summed E-state index contributed by atoms with van der Waals surface area (Å²) in [7, 11) is 0. The lowest BCUT2D eigenvalue weighted by Gasteiger charge is -2.20. The van der Waals surface area contributed by atoms with Gasteiger partial charge < -0.3 is 15.0 Å². The lowest BCUT2D eigenvalue weighted by molar-refractivity contribution is -0.116. The molecule has 0 spiro atoms. The van der Waals surface area contributed by atoms with E-state index in [1.54, 1.807) is 29.2 Å². The van der Waals surface area contributed by atoms with Crippen LogP contribution >= 0.6 is 0 Å². The summed E-state index contributed by atoms with van der Waals surface area (Å²) < 4.78 is 19.6. The van der Waals surface area contributed by atoms with Gasteiger partial charge in [-0.3, -0.25) is 9.59 Å². The second-order valence-corrected chi connectivity index (χ2v) is 7.44. The number of halogens is 1. The minimum Gasteiger partial charge on any atom is -0.488 e. The number of nitrogens with zero attached hydrogens (tertiary/aromatic N) is 1. The van der Waals surface area contributed by atoms with Crippen LogP contribution in [0.2, 0.25) is 0 Å². The Morgan fingerprint density at radius 2 is 1.81 bits per heavy atom. The molecule has 158 valence electrons. The molecule has 0 fully saturated rings. The minimum atomic E-state index is -0.463. The van der Waals surface area contributed by atoms with E-state index in [0.29, 0.717) is 18.5 Å². The highest BCUT2D eigenvalue weighted by molar-refractivity contribution is 5.98. The number of hydrogen-bond acceptors (Lipinski definition) is 3. The van der Waals surface area contributed by atoms with Crippen LogP contribution in [0.3, 0.4) is 0 Å². The Hall–Kier alpha value is -3.67. The Morgan fingerprint density at radius 3 is 2.55 bits per heavy atom. The molecule has 3 aromatic rings. The highest BCUT2D eigenvalue weighted by atomic mass is 19.1. The number of benzene rings is 3. The Morgan fingerprint density at radius 1 is 1.06 bits per heavy atom. The third-order valence-corrected chi connectivity index (χ3v) is 5.37. The molecule has 0 saturated heterocycles. The number of hydrogen-bond donors (Lipinski definition) is 1. The number of amides is 2. The number of carbonyl (C=O) groups is 2. The van der Waals surface area contributed by atoms with Crippen LogP contribution in [0.4, 0.5) is 10.1 Å². The Kier molecular flexibility index (Phi) is 5.98. The van der Waals surface area contributed by atoms with Crippen molar-refractivity contribution >= 4 is 17.5 Å². The summed E-state index contributed by atoms with van der Waals surface area (Å²) >= 11 is 0. The molecule has 0 aliphatic carbocycles. The predicted octanol–water partition coefficient (Wildman–Crippen LogP) is 4.28. The first-order valence-corrected chi connectivity index (χ1v) is 10.2. The molecule has 0 bridgehead atoms. The lowest BCUT2D eigenvalue weighted by atomic mass is 10.1. The quantitative estimate of drug-likeness (QED) is 0.650. The van der Waals surface area contributed by atoms with Crippen LogP contribution in [-0.2, 0) is 11.2 Å². The van der Waals surface area contributed by atoms with Crippen molar-refractivity contribution in [1.29, 1.82) is 0 Å². The molecule has 1 heterocycles. The average Bonchev–Trinajstić information content (AvgIpc) is 3.21. The molecule has 5 nitrogen and oxygen atoms in total. The molecule has 0 aromatic heterocycles. The lowest BCUT2D eigenvalue weighted by Crippen LogP contribution is -2.32. The normalized spacial score (nSPS) is 13.4. The predicted molar refractivity (Wildman–Crippen MR) is 117 cm³/mol. The molecular weight excluding hydrogens is 395 g/mol. The molecule has 1 aliphatic rings. The molecule has 2 amide bonds. The van der Waals surface area contributed by atoms with Gasteiger partial charge in [0.1, 0.15) is 6.61 Å². The largest absolute Gasteiger partial charge is 0.488 e. The molecule has 1 aliphatic heterocycles. The molecule has 3 aromatic carbocycles. The second kappa shape index (κ2) is 9.00. The second-order valence-electron chi connectivity index (χ2n) is 7.44. The van der Waals surface area contributed by atoms with Gasteiger partial charge in [0.2, 0.25) is 5.91 Å². The van der Waals surface area contributed by atoms with E-state index in [4.69, 9.17) is 4.74 Å². The van der Waals surface area contributed by atoms with Crippen molar-refractivity contribution in [2.24, 2.45) is 0 Å². The van der Waals surface area contributed by atoms with E-state index in [0.717, 1.165) is 16.8 Å². The van der Waals surface area contributed by atoms with Crippen LogP contribution in [0, 0.1) is 5.82 Å². The molecule has 0 unspecified atom stereocenters. The molecule has 1 N–H and O–H groups in total. The van der Waals surface area contributed by atoms with Gasteiger partial charge in [0.15, 0.2) is 11.6 Å². The summed E-state index contributed by atoms with van der Waals surface area (Å²) in [5.74, 6) is -0.575. The van der Waals surface area contributed by atoms with E-state index in [-0.39, 0.29) is 24.2 Å². The van der Waals surface area contributed by atoms with Gasteiger partial charge in [-0.25, -0.2) is 4.39 Å². The van der Waals surface area contributed by atoms with Gasteiger partial charge in [-0.2, -0.15) is 0 Å². The number of para-hydroxylation sites is 1. The highest BCUT2D eigenvalue weighted by Crippen LogP contribution is 2.29. The van der Waals surface area contributed by atoms with E-state index in [1.807, 2.05) is 42.5 Å². The van der Waals surface area contributed by atoms with Crippen molar-refractivity contribution in [3.63, 3.8) is 0 Å². The maximum Gasteiger partial charge on any atom is 0.251 e. The van der Waals surface area contributed by atoms with Crippen LogP contribution in [-0.4, -0.2) is 25.0 Å². The number of rotatable bonds is 6. The van der Waals surface area contributed by atoms with E-state index in [9.17, 15) is 14.0 Å². The molecule has 4 rings (SSSR count). The molecule has 1 atom stereocenters. The smallest absolute Gasteiger partial charge is 0.251 e. The first kappa shape index (κ1) is 20.6. The summed E-state index contributed by atoms with van der Waals surface area (Å²) in [6, 6.07) is 20.5. The van der Waals surface area contributed by atoms with Crippen LogP contribution in [0.15, 0.2) is 72.8 Å². The molecule has 0 saturated carbocycles. The Bertz CT molecular complexity index is 1100. The molecule has 0 radical (unpaired) electrons. The maximum atomic E-state index is 13.9. The Balaban J connectivity index is 1.52. The van der Waals surface area contributed by atoms with E-state index >= 15 is 0 Å². The zero-order valence-electron chi connectivity index (χ0n) is 17.2. The monoisotopic (exact) mass is 418 g/mol. The zero-order chi connectivity index (χ0) is 21.8. The summed E-state index contributed by atoms with van der Waals surface area (Å²) in [6.45, 7) is 2.24. The van der Waals surface area contributed by atoms with Crippen molar-refractivity contribution in [2.45, 2.75) is 19.4 Å². The summed E-state index contributed by atoms with van der Waals surface area (Å²) in [4.78, 5) is 26.5.